The molecule has 1 fully saturated rings. The molecule has 0 heterocycles. The van der Waals surface area contributed by atoms with E-state index in [9.17, 15) is 4.79 Å². The molecule has 1 amide bonds. The number of methoxy groups -OCH3 is 2. The number of rotatable bonds is 5. The molecular weight excluding hydrogens is 258 g/mol. The molecule has 20 heavy (non-hydrogen) atoms. The molecule has 1 aliphatic rings. The molecular formula is C15H21NO4. The second-order valence-corrected chi connectivity index (χ2v) is 5.42. The number of hydrogen-bond acceptors (Lipinski definition) is 4. The van der Waals surface area contributed by atoms with Gasteiger partial charge < -0.3 is 19.5 Å². The van der Waals surface area contributed by atoms with Crippen molar-refractivity contribution < 1.29 is 19.0 Å². The Morgan fingerprint density at radius 3 is 2.35 bits per heavy atom. The van der Waals surface area contributed by atoms with Gasteiger partial charge in [0.05, 0.1) is 5.54 Å². The molecule has 1 aromatic rings. The van der Waals surface area contributed by atoms with Gasteiger partial charge in [-0.25, -0.2) is 4.79 Å². The van der Waals surface area contributed by atoms with E-state index in [-0.39, 0.29) is 12.1 Å². The molecule has 5 nitrogen and oxygen atoms in total. The lowest BCUT2D eigenvalue weighted by atomic mass is 9.72. The summed E-state index contributed by atoms with van der Waals surface area (Å²) in [6.45, 7) is 2.22. The van der Waals surface area contributed by atoms with E-state index >= 15 is 0 Å². The third-order valence-electron chi connectivity index (χ3n) is 3.68. The Kier molecular flexibility index (Phi) is 4.30. The highest BCUT2D eigenvalue weighted by molar-refractivity contribution is 5.68. The van der Waals surface area contributed by atoms with Crippen molar-refractivity contribution in [3.05, 3.63) is 35.9 Å². The zero-order valence-electron chi connectivity index (χ0n) is 12.1. The first kappa shape index (κ1) is 14.8. The van der Waals surface area contributed by atoms with Crippen LogP contribution in [0.5, 0.6) is 0 Å². The summed E-state index contributed by atoms with van der Waals surface area (Å²) < 4.78 is 15.8. The van der Waals surface area contributed by atoms with Gasteiger partial charge in [-0.15, -0.1) is 0 Å². The van der Waals surface area contributed by atoms with Crippen molar-refractivity contribution in [1.82, 2.24) is 5.32 Å². The van der Waals surface area contributed by atoms with E-state index in [4.69, 9.17) is 14.2 Å². The van der Waals surface area contributed by atoms with E-state index in [0.717, 1.165) is 5.56 Å². The largest absolute Gasteiger partial charge is 0.445 e. The van der Waals surface area contributed by atoms with Gasteiger partial charge >= 0.3 is 6.09 Å². The monoisotopic (exact) mass is 279 g/mol. The number of carbonyl (C=O) groups excluding carboxylic acids is 1. The van der Waals surface area contributed by atoms with Crippen molar-refractivity contribution in [3.8, 4) is 0 Å². The average molecular weight is 279 g/mol. The predicted molar refractivity (Wildman–Crippen MR) is 74.2 cm³/mol. The summed E-state index contributed by atoms with van der Waals surface area (Å²) in [5, 5.41) is 2.87. The second-order valence-electron chi connectivity index (χ2n) is 5.42. The van der Waals surface area contributed by atoms with Crippen LogP contribution in [0.2, 0.25) is 0 Å². The fraction of sp³-hybridized carbons (Fsp3) is 0.533. The minimum atomic E-state index is -0.582. The molecule has 0 unspecified atom stereocenters. The molecule has 0 spiro atoms. The molecule has 0 aliphatic heterocycles. The molecule has 0 bridgehead atoms. The fourth-order valence-corrected chi connectivity index (χ4v) is 2.60. The minimum Gasteiger partial charge on any atom is -0.445 e. The molecule has 1 N–H and O–H groups in total. The highest BCUT2D eigenvalue weighted by Crippen LogP contribution is 2.44. The Morgan fingerprint density at radius 1 is 1.20 bits per heavy atom. The van der Waals surface area contributed by atoms with Crippen LogP contribution in [0.3, 0.4) is 0 Å². The summed E-state index contributed by atoms with van der Waals surface area (Å²) in [5.41, 5.74) is 0.615. The van der Waals surface area contributed by atoms with Crippen molar-refractivity contribution >= 4 is 6.09 Å². The summed E-state index contributed by atoms with van der Waals surface area (Å²) in [4.78, 5) is 11.8. The smallest absolute Gasteiger partial charge is 0.407 e. The van der Waals surface area contributed by atoms with Gasteiger partial charge in [0, 0.05) is 27.1 Å². The maximum Gasteiger partial charge on any atom is 0.407 e. The zero-order valence-corrected chi connectivity index (χ0v) is 12.1. The maximum atomic E-state index is 11.8. The SMILES string of the molecule is COC1(OC)CC(C)(NC(=O)OCc2ccccc2)C1. The van der Waals surface area contributed by atoms with Gasteiger partial charge in [-0.3, -0.25) is 0 Å². The Bertz CT molecular complexity index is 448. The van der Waals surface area contributed by atoms with Gasteiger partial charge in [0.25, 0.3) is 0 Å². The van der Waals surface area contributed by atoms with Crippen LogP contribution < -0.4 is 5.32 Å². The van der Waals surface area contributed by atoms with Crippen molar-refractivity contribution in [1.29, 1.82) is 0 Å². The van der Waals surface area contributed by atoms with E-state index in [0.29, 0.717) is 12.8 Å². The third kappa shape index (κ3) is 3.29. The molecule has 0 atom stereocenters. The average Bonchev–Trinajstić information content (AvgIpc) is 2.43. The Morgan fingerprint density at radius 2 is 1.80 bits per heavy atom. The van der Waals surface area contributed by atoms with Crippen LogP contribution in [0.25, 0.3) is 0 Å². The van der Waals surface area contributed by atoms with Crippen LogP contribution >= 0.6 is 0 Å². The lowest BCUT2D eigenvalue weighted by Gasteiger charge is -2.52. The van der Waals surface area contributed by atoms with Crippen LogP contribution in [0.1, 0.15) is 25.3 Å². The number of carbonyl (C=O) groups is 1. The van der Waals surface area contributed by atoms with Crippen LogP contribution in [-0.4, -0.2) is 31.6 Å². The summed E-state index contributed by atoms with van der Waals surface area (Å²) >= 11 is 0. The molecule has 1 aliphatic carbocycles. The molecule has 0 radical (unpaired) electrons. The van der Waals surface area contributed by atoms with Gasteiger partial charge in [0.2, 0.25) is 0 Å². The first-order valence-electron chi connectivity index (χ1n) is 6.60. The predicted octanol–water partition coefficient (Wildman–Crippen LogP) is 2.45. The summed E-state index contributed by atoms with van der Waals surface area (Å²) in [5.74, 6) is -0.582. The van der Waals surface area contributed by atoms with Gasteiger partial charge in [-0.1, -0.05) is 30.3 Å². The summed E-state index contributed by atoms with van der Waals surface area (Å²) in [6.07, 6.45) is 0.790. The number of alkyl carbamates (subject to hydrolysis) is 1. The van der Waals surface area contributed by atoms with Crippen molar-refractivity contribution in [2.45, 2.75) is 37.7 Å². The normalized spacial score (nSPS) is 18.9. The third-order valence-corrected chi connectivity index (χ3v) is 3.68. The molecule has 0 aromatic heterocycles. The van der Waals surface area contributed by atoms with Gasteiger partial charge in [0.1, 0.15) is 6.61 Å². The molecule has 5 heteroatoms. The molecule has 1 aromatic carbocycles. The van der Waals surface area contributed by atoms with Crippen LogP contribution in [0.15, 0.2) is 30.3 Å². The number of ether oxygens (including phenoxy) is 3. The highest BCUT2D eigenvalue weighted by atomic mass is 16.7. The van der Waals surface area contributed by atoms with E-state index in [1.54, 1.807) is 14.2 Å². The van der Waals surface area contributed by atoms with Crippen molar-refractivity contribution in [3.63, 3.8) is 0 Å². The minimum absolute atomic E-state index is 0.266. The number of benzene rings is 1. The van der Waals surface area contributed by atoms with E-state index < -0.39 is 11.9 Å². The maximum absolute atomic E-state index is 11.8. The quantitative estimate of drug-likeness (QED) is 0.841. The number of nitrogens with one attached hydrogen (secondary N) is 1. The summed E-state index contributed by atoms with van der Waals surface area (Å²) in [6, 6.07) is 9.58. The van der Waals surface area contributed by atoms with Crippen molar-refractivity contribution in [2.75, 3.05) is 14.2 Å². The van der Waals surface area contributed by atoms with Crippen molar-refractivity contribution in [2.24, 2.45) is 0 Å². The van der Waals surface area contributed by atoms with Crippen LogP contribution in [-0.2, 0) is 20.8 Å². The highest BCUT2D eigenvalue weighted by Gasteiger charge is 2.54. The van der Waals surface area contributed by atoms with E-state index in [1.807, 2.05) is 37.3 Å². The first-order chi connectivity index (χ1) is 9.51. The van der Waals surface area contributed by atoms with Crippen LogP contribution in [0, 0.1) is 0 Å². The number of hydrogen-bond donors (Lipinski definition) is 1. The molecule has 2 rings (SSSR count). The second kappa shape index (κ2) is 5.81. The van der Waals surface area contributed by atoms with Crippen LogP contribution in [0.4, 0.5) is 4.79 Å². The topological polar surface area (TPSA) is 56.8 Å². The Hall–Kier alpha value is -1.59. The lowest BCUT2D eigenvalue weighted by Crippen LogP contribution is -2.65. The zero-order chi connectivity index (χ0) is 14.6. The van der Waals surface area contributed by atoms with Gasteiger partial charge in [0.15, 0.2) is 5.79 Å². The Labute approximate surface area is 119 Å². The molecule has 1 saturated carbocycles. The lowest BCUT2D eigenvalue weighted by molar-refractivity contribution is -0.276. The van der Waals surface area contributed by atoms with E-state index in [1.165, 1.54) is 0 Å². The molecule has 110 valence electrons. The molecule has 0 saturated heterocycles. The standard InChI is InChI=1S/C15H21NO4/c1-14(10-15(11-14,18-2)19-3)16-13(17)20-9-12-7-5-4-6-8-12/h4-8H,9-11H2,1-3H3,(H,16,17). The van der Waals surface area contributed by atoms with E-state index in [2.05, 4.69) is 5.32 Å². The number of amides is 1. The van der Waals surface area contributed by atoms with Gasteiger partial charge in [-0.05, 0) is 12.5 Å². The van der Waals surface area contributed by atoms with Gasteiger partial charge in [-0.2, -0.15) is 0 Å². The first-order valence-corrected chi connectivity index (χ1v) is 6.60. The summed E-state index contributed by atoms with van der Waals surface area (Å²) in [7, 11) is 3.22. The fourth-order valence-electron chi connectivity index (χ4n) is 2.60. The Balaban J connectivity index is 1.78.